The van der Waals surface area contributed by atoms with Crippen LogP contribution in [0.25, 0.3) is 0 Å². The molecular weight excluding hydrogens is 273 g/mol. The summed E-state index contributed by atoms with van der Waals surface area (Å²) in [5, 5.41) is 3.91. The Morgan fingerprint density at radius 3 is 3.00 bits per heavy atom. The molecule has 0 aromatic heterocycles. The van der Waals surface area contributed by atoms with Crippen molar-refractivity contribution in [2.75, 3.05) is 31.8 Å². The molecule has 0 saturated carbocycles. The van der Waals surface area contributed by atoms with Gasteiger partial charge in [0.1, 0.15) is 0 Å². The predicted octanol–water partition coefficient (Wildman–Crippen LogP) is 2.34. The van der Waals surface area contributed by atoms with Crippen molar-refractivity contribution in [1.82, 2.24) is 5.32 Å². The first-order valence-corrected chi connectivity index (χ1v) is 7.12. The third kappa shape index (κ3) is 7.05. The Labute approximate surface area is 107 Å². The van der Waals surface area contributed by atoms with Gasteiger partial charge in [0.15, 0.2) is 5.17 Å². The molecule has 17 heavy (non-hydrogen) atoms. The molecule has 0 aliphatic carbocycles. The van der Waals surface area contributed by atoms with E-state index in [1.54, 1.807) is 18.9 Å². The Bertz CT molecular complexity index is 261. The van der Waals surface area contributed by atoms with Crippen molar-refractivity contribution >= 4 is 28.7 Å². The van der Waals surface area contributed by atoms with Gasteiger partial charge >= 0.3 is 5.51 Å². The van der Waals surface area contributed by atoms with Gasteiger partial charge in [0, 0.05) is 31.3 Å². The van der Waals surface area contributed by atoms with E-state index in [1.807, 2.05) is 0 Å². The number of ether oxygens (including phenoxy) is 1. The number of amidine groups is 1. The number of methoxy groups -OCH3 is 1. The molecule has 8 heteroatoms. The summed E-state index contributed by atoms with van der Waals surface area (Å²) >= 11 is 1.52. The second kappa shape index (κ2) is 7.38. The summed E-state index contributed by atoms with van der Waals surface area (Å²) in [4.78, 5) is 4.09. The van der Waals surface area contributed by atoms with Crippen LogP contribution in [0, 0.1) is 0 Å². The molecule has 1 aliphatic rings. The molecular formula is C9H15F3N2OS2. The molecule has 1 heterocycles. The van der Waals surface area contributed by atoms with Crippen molar-refractivity contribution in [2.45, 2.75) is 18.0 Å². The maximum atomic E-state index is 11.8. The van der Waals surface area contributed by atoms with Crippen LogP contribution in [0.5, 0.6) is 0 Å². The second-order valence-electron chi connectivity index (χ2n) is 3.41. The highest BCUT2D eigenvalue weighted by Crippen LogP contribution is 2.29. The van der Waals surface area contributed by atoms with Crippen LogP contribution in [-0.2, 0) is 4.74 Å². The van der Waals surface area contributed by atoms with Crippen molar-refractivity contribution in [3.8, 4) is 0 Å². The zero-order chi connectivity index (χ0) is 12.7. The first-order chi connectivity index (χ1) is 8.01. The van der Waals surface area contributed by atoms with E-state index in [-0.39, 0.29) is 24.1 Å². The summed E-state index contributed by atoms with van der Waals surface area (Å²) in [5.74, 6) is 0.868. The minimum Gasteiger partial charge on any atom is -0.385 e. The minimum atomic E-state index is -4.16. The first-order valence-electron chi connectivity index (χ1n) is 5.14. The van der Waals surface area contributed by atoms with Crippen molar-refractivity contribution in [3.05, 3.63) is 0 Å². The van der Waals surface area contributed by atoms with Crippen LogP contribution >= 0.6 is 23.5 Å². The minimum absolute atomic E-state index is 0.0298. The van der Waals surface area contributed by atoms with E-state index in [0.717, 1.165) is 17.3 Å². The SMILES string of the molecule is COCCC1CSC(=NCCSC(F)(F)F)N1. The fourth-order valence-electron chi connectivity index (χ4n) is 1.25. The topological polar surface area (TPSA) is 33.6 Å². The molecule has 1 unspecified atom stereocenters. The average molecular weight is 288 g/mol. The van der Waals surface area contributed by atoms with Crippen LogP contribution in [0.1, 0.15) is 6.42 Å². The number of thioether (sulfide) groups is 2. The van der Waals surface area contributed by atoms with Gasteiger partial charge in [0.05, 0.1) is 6.54 Å². The average Bonchev–Trinajstić information content (AvgIpc) is 2.68. The molecule has 1 fully saturated rings. The van der Waals surface area contributed by atoms with Gasteiger partial charge in [-0.25, -0.2) is 0 Å². The van der Waals surface area contributed by atoms with E-state index in [1.165, 1.54) is 0 Å². The maximum absolute atomic E-state index is 11.8. The summed E-state index contributed by atoms with van der Waals surface area (Å²) < 4.78 is 40.5. The highest BCUT2D eigenvalue weighted by Gasteiger charge is 2.27. The number of hydrogen-bond donors (Lipinski definition) is 1. The summed E-state index contributed by atoms with van der Waals surface area (Å²) in [6.45, 7) is 0.867. The lowest BCUT2D eigenvalue weighted by Gasteiger charge is -2.08. The van der Waals surface area contributed by atoms with Crippen molar-refractivity contribution < 1.29 is 17.9 Å². The van der Waals surface area contributed by atoms with Crippen LogP contribution in [0.15, 0.2) is 4.99 Å². The normalized spacial score (nSPS) is 23.1. The predicted molar refractivity (Wildman–Crippen MR) is 66.7 cm³/mol. The Morgan fingerprint density at radius 2 is 2.35 bits per heavy atom. The summed E-state index contributed by atoms with van der Waals surface area (Å²) in [5.41, 5.74) is -4.16. The molecule has 1 aliphatic heterocycles. The van der Waals surface area contributed by atoms with Gasteiger partial charge < -0.3 is 10.1 Å². The number of rotatable bonds is 6. The summed E-state index contributed by atoms with van der Waals surface area (Å²) in [6.07, 6.45) is 0.889. The van der Waals surface area contributed by atoms with Crippen LogP contribution in [-0.4, -0.2) is 48.5 Å². The number of nitrogens with one attached hydrogen (secondary N) is 1. The summed E-state index contributed by atoms with van der Waals surface area (Å²) in [7, 11) is 1.64. The van der Waals surface area contributed by atoms with Crippen LogP contribution < -0.4 is 5.32 Å². The number of hydrogen-bond acceptors (Lipinski definition) is 4. The molecule has 0 spiro atoms. The fraction of sp³-hybridized carbons (Fsp3) is 0.889. The number of nitrogens with zero attached hydrogens (tertiary/aromatic N) is 1. The Kier molecular flexibility index (Phi) is 6.50. The monoisotopic (exact) mass is 288 g/mol. The van der Waals surface area contributed by atoms with Crippen molar-refractivity contribution in [2.24, 2.45) is 4.99 Å². The van der Waals surface area contributed by atoms with E-state index in [4.69, 9.17) is 4.74 Å². The molecule has 1 saturated heterocycles. The van der Waals surface area contributed by atoms with Gasteiger partial charge in [-0.05, 0) is 18.2 Å². The van der Waals surface area contributed by atoms with E-state index in [9.17, 15) is 13.2 Å². The van der Waals surface area contributed by atoms with E-state index in [0.29, 0.717) is 12.6 Å². The van der Waals surface area contributed by atoms with E-state index < -0.39 is 5.51 Å². The van der Waals surface area contributed by atoms with Gasteiger partial charge in [0.2, 0.25) is 0 Å². The van der Waals surface area contributed by atoms with Crippen LogP contribution in [0.3, 0.4) is 0 Å². The first kappa shape index (κ1) is 15.0. The van der Waals surface area contributed by atoms with Crippen molar-refractivity contribution in [3.63, 3.8) is 0 Å². The standard InChI is InChI=1S/C9H15F3N2OS2/c1-15-4-2-7-6-16-8(14-7)13-3-5-17-9(10,11)12/h7H,2-6H2,1H3,(H,13,14). The largest absolute Gasteiger partial charge is 0.441 e. The third-order valence-corrected chi connectivity index (χ3v) is 3.84. The number of aliphatic imine (C=N–C) groups is 1. The quantitative estimate of drug-likeness (QED) is 0.761. The van der Waals surface area contributed by atoms with E-state index in [2.05, 4.69) is 10.3 Å². The molecule has 0 aromatic carbocycles. The molecule has 0 aromatic rings. The van der Waals surface area contributed by atoms with Gasteiger partial charge in [-0.2, -0.15) is 13.2 Å². The Balaban J connectivity index is 2.15. The lowest BCUT2D eigenvalue weighted by molar-refractivity contribution is -0.0327. The zero-order valence-electron chi connectivity index (χ0n) is 9.42. The molecule has 1 atom stereocenters. The molecule has 1 rings (SSSR count). The van der Waals surface area contributed by atoms with Crippen molar-refractivity contribution in [1.29, 1.82) is 0 Å². The van der Waals surface area contributed by atoms with Gasteiger partial charge in [-0.3, -0.25) is 4.99 Å². The van der Waals surface area contributed by atoms with E-state index >= 15 is 0 Å². The molecule has 3 nitrogen and oxygen atoms in total. The number of halogens is 3. The Hall–Kier alpha value is -0.0800. The molecule has 0 radical (unpaired) electrons. The lowest BCUT2D eigenvalue weighted by atomic mass is 10.2. The lowest BCUT2D eigenvalue weighted by Crippen LogP contribution is -2.28. The highest BCUT2D eigenvalue weighted by atomic mass is 32.2. The second-order valence-corrected chi connectivity index (χ2v) is 5.58. The molecule has 0 bridgehead atoms. The Morgan fingerprint density at radius 1 is 1.59 bits per heavy atom. The highest BCUT2D eigenvalue weighted by molar-refractivity contribution is 8.14. The van der Waals surface area contributed by atoms with Gasteiger partial charge in [-0.15, -0.1) is 0 Å². The van der Waals surface area contributed by atoms with Crippen LogP contribution in [0.2, 0.25) is 0 Å². The molecule has 100 valence electrons. The number of alkyl halides is 3. The molecule has 0 amide bonds. The summed E-state index contributed by atoms with van der Waals surface area (Å²) in [6, 6.07) is 0.314. The van der Waals surface area contributed by atoms with Gasteiger partial charge in [-0.1, -0.05) is 11.8 Å². The molecule has 1 N–H and O–H groups in total. The third-order valence-electron chi connectivity index (χ3n) is 2.03. The smallest absolute Gasteiger partial charge is 0.385 e. The van der Waals surface area contributed by atoms with Crippen LogP contribution in [0.4, 0.5) is 13.2 Å². The zero-order valence-corrected chi connectivity index (χ0v) is 11.1. The van der Waals surface area contributed by atoms with Gasteiger partial charge in [0.25, 0.3) is 0 Å². The fourth-order valence-corrected chi connectivity index (χ4v) is 2.71. The maximum Gasteiger partial charge on any atom is 0.441 e.